The SMILES string of the molecule is O=C1CN(c2ccccc2)Cc2cc(/C=C/C(=O)N3CCC=C(c4ccccc4)CC3)cnc2N1. The fourth-order valence-electron chi connectivity index (χ4n) is 4.55. The van der Waals surface area contributed by atoms with Crippen molar-refractivity contribution >= 4 is 35.0 Å². The molecular weight excluding hydrogens is 436 g/mol. The number of hydrogen-bond donors (Lipinski definition) is 1. The predicted molar refractivity (Wildman–Crippen MR) is 140 cm³/mol. The Morgan fingerprint density at radius 3 is 2.54 bits per heavy atom. The fourth-order valence-corrected chi connectivity index (χ4v) is 4.55. The third kappa shape index (κ3) is 5.49. The van der Waals surface area contributed by atoms with Crippen molar-refractivity contribution in [3.05, 3.63) is 102 Å². The Labute approximate surface area is 205 Å². The number of pyridine rings is 1. The van der Waals surface area contributed by atoms with Crippen LogP contribution in [0.2, 0.25) is 0 Å². The van der Waals surface area contributed by atoms with Gasteiger partial charge in [0.05, 0.1) is 6.54 Å². The summed E-state index contributed by atoms with van der Waals surface area (Å²) in [5, 5.41) is 2.89. The number of nitrogens with one attached hydrogen (secondary N) is 1. The van der Waals surface area contributed by atoms with E-state index in [1.807, 2.05) is 70.5 Å². The van der Waals surface area contributed by atoms with Crippen LogP contribution in [0.25, 0.3) is 11.6 Å². The van der Waals surface area contributed by atoms with E-state index in [0.29, 0.717) is 25.5 Å². The third-order valence-electron chi connectivity index (χ3n) is 6.38. The minimum Gasteiger partial charge on any atom is -0.358 e. The molecule has 176 valence electrons. The summed E-state index contributed by atoms with van der Waals surface area (Å²) in [6, 6.07) is 22.2. The lowest BCUT2D eigenvalue weighted by Gasteiger charge is -2.21. The molecule has 3 aromatic rings. The van der Waals surface area contributed by atoms with E-state index >= 15 is 0 Å². The molecular formula is C29H28N4O2. The molecule has 0 saturated heterocycles. The van der Waals surface area contributed by atoms with E-state index in [1.54, 1.807) is 12.3 Å². The molecule has 6 nitrogen and oxygen atoms in total. The maximum atomic E-state index is 12.9. The molecule has 0 radical (unpaired) electrons. The van der Waals surface area contributed by atoms with Crippen molar-refractivity contribution in [2.45, 2.75) is 19.4 Å². The highest BCUT2D eigenvalue weighted by atomic mass is 16.2. The van der Waals surface area contributed by atoms with Gasteiger partial charge < -0.3 is 15.1 Å². The Morgan fingerprint density at radius 1 is 0.971 bits per heavy atom. The molecule has 2 aromatic carbocycles. The summed E-state index contributed by atoms with van der Waals surface area (Å²) >= 11 is 0. The fraction of sp³-hybridized carbons (Fsp3) is 0.207. The first-order valence-corrected chi connectivity index (χ1v) is 12.0. The van der Waals surface area contributed by atoms with E-state index < -0.39 is 0 Å². The van der Waals surface area contributed by atoms with Crippen LogP contribution in [-0.4, -0.2) is 41.3 Å². The second-order valence-electron chi connectivity index (χ2n) is 8.81. The van der Waals surface area contributed by atoms with Crippen LogP contribution in [0.15, 0.2) is 85.1 Å². The smallest absolute Gasteiger partial charge is 0.246 e. The molecule has 2 amide bonds. The molecule has 0 unspecified atom stereocenters. The van der Waals surface area contributed by atoms with E-state index in [1.165, 1.54) is 11.1 Å². The van der Waals surface area contributed by atoms with Crippen LogP contribution in [-0.2, 0) is 16.1 Å². The molecule has 0 bridgehead atoms. The van der Waals surface area contributed by atoms with Crippen LogP contribution >= 0.6 is 0 Å². The van der Waals surface area contributed by atoms with Gasteiger partial charge in [-0.1, -0.05) is 54.6 Å². The Hall–Kier alpha value is -4.19. The summed E-state index contributed by atoms with van der Waals surface area (Å²) in [6.45, 7) is 2.23. The first-order valence-electron chi connectivity index (χ1n) is 12.0. The van der Waals surface area contributed by atoms with Gasteiger partial charge in [0, 0.05) is 43.2 Å². The first kappa shape index (κ1) is 22.6. The Bertz CT molecular complexity index is 1270. The van der Waals surface area contributed by atoms with Gasteiger partial charge in [-0.2, -0.15) is 0 Å². The zero-order valence-electron chi connectivity index (χ0n) is 19.6. The molecule has 0 fully saturated rings. The normalized spacial score (nSPS) is 16.2. The monoisotopic (exact) mass is 464 g/mol. The summed E-state index contributed by atoms with van der Waals surface area (Å²) in [4.78, 5) is 33.7. The van der Waals surface area contributed by atoms with Crippen molar-refractivity contribution < 1.29 is 9.59 Å². The molecule has 1 aromatic heterocycles. The Kier molecular flexibility index (Phi) is 6.70. The van der Waals surface area contributed by atoms with E-state index in [4.69, 9.17) is 0 Å². The number of carbonyl (C=O) groups is 2. The summed E-state index contributed by atoms with van der Waals surface area (Å²) in [5.74, 6) is 0.481. The maximum Gasteiger partial charge on any atom is 0.246 e. The standard InChI is InChI=1S/C29H28N4O2/c34-27-21-33(26-11-5-2-6-12-26)20-25-18-22(19-30-29(25)31-27)13-14-28(35)32-16-7-10-24(15-17-32)23-8-3-1-4-9-23/h1-6,8-14,18-19H,7,15-17,20-21H2,(H,30,31,34)/b14-13+. The van der Waals surface area contributed by atoms with Gasteiger partial charge in [-0.3, -0.25) is 9.59 Å². The zero-order valence-corrected chi connectivity index (χ0v) is 19.6. The Balaban J connectivity index is 1.26. The summed E-state index contributed by atoms with van der Waals surface area (Å²) in [7, 11) is 0. The van der Waals surface area contributed by atoms with Crippen molar-refractivity contribution in [3.8, 4) is 0 Å². The van der Waals surface area contributed by atoms with Gasteiger partial charge in [-0.05, 0) is 53.8 Å². The highest BCUT2D eigenvalue weighted by Gasteiger charge is 2.21. The van der Waals surface area contributed by atoms with Gasteiger partial charge in [0.1, 0.15) is 5.82 Å². The molecule has 35 heavy (non-hydrogen) atoms. The number of amides is 2. The lowest BCUT2D eigenvalue weighted by atomic mass is 10.0. The Morgan fingerprint density at radius 2 is 1.74 bits per heavy atom. The number of fused-ring (bicyclic) bond motifs is 1. The number of benzene rings is 2. The van der Waals surface area contributed by atoms with E-state index in [2.05, 4.69) is 28.5 Å². The van der Waals surface area contributed by atoms with Crippen LogP contribution < -0.4 is 10.2 Å². The zero-order chi connectivity index (χ0) is 24.0. The number of carbonyl (C=O) groups excluding carboxylic acids is 2. The van der Waals surface area contributed by atoms with Crippen molar-refractivity contribution in [2.24, 2.45) is 0 Å². The van der Waals surface area contributed by atoms with Crippen molar-refractivity contribution in [3.63, 3.8) is 0 Å². The highest BCUT2D eigenvalue weighted by molar-refractivity contribution is 5.95. The molecule has 0 spiro atoms. The van der Waals surface area contributed by atoms with Crippen molar-refractivity contribution in [2.75, 3.05) is 29.9 Å². The van der Waals surface area contributed by atoms with Crippen LogP contribution in [0, 0.1) is 0 Å². The molecule has 1 N–H and O–H groups in total. The highest BCUT2D eigenvalue weighted by Crippen LogP contribution is 2.25. The van der Waals surface area contributed by atoms with E-state index in [9.17, 15) is 9.59 Å². The minimum absolute atomic E-state index is 0.00173. The van der Waals surface area contributed by atoms with Gasteiger partial charge in [0.15, 0.2) is 0 Å². The van der Waals surface area contributed by atoms with Crippen molar-refractivity contribution in [1.29, 1.82) is 0 Å². The largest absolute Gasteiger partial charge is 0.358 e. The van der Waals surface area contributed by atoms with Gasteiger partial charge in [0.25, 0.3) is 0 Å². The van der Waals surface area contributed by atoms with Gasteiger partial charge in [-0.25, -0.2) is 4.98 Å². The van der Waals surface area contributed by atoms with E-state index in [0.717, 1.165) is 29.7 Å². The van der Waals surface area contributed by atoms with Crippen molar-refractivity contribution in [1.82, 2.24) is 9.88 Å². The summed E-state index contributed by atoms with van der Waals surface area (Å²) < 4.78 is 0. The predicted octanol–water partition coefficient (Wildman–Crippen LogP) is 4.76. The van der Waals surface area contributed by atoms with Crippen LogP contribution in [0.3, 0.4) is 0 Å². The molecule has 0 atom stereocenters. The number of aromatic nitrogens is 1. The third-order valence-corrected chi connectivity index (χ3v) is 6.38. The summed E-state index contributed by atoms with van der Waals surface area (Å²) in [5.41, 5.74) is 5.26. The minimum atomic E-state index is -0.0942. The number of nitrogens with zero attached hydrogens (tertiary/aromatic N) is 3. The quantitative estimate of drug-likeness (QED) is 0.566. The molecule has 2 aliphatic rings. The molecule has 5 rings (SSSR count). The average Bonchev–Trinajstić information content (AvgIpc) is 3.24. The maximum absolute atomic E-state index is 12.9. The second-order valence-corrected chi connectivity index (χ2v) is 8.81. The van der Waals surface area contributed by atoms with Gasteiger partial charge in [-0.15, -0.1) is 0 Å². The van der Waals surface area contributed by atoms with Crippen LogP contribution in [0.4, 0.5) is 11.5 Å². The molecule has 0 aliphatic carbocycles. The lowest BCUT2D eigenvalue weighted by Crippen LogP contribution is -2.30. The molecule has 3 heterocycles. The second kappa shape index (κ2) is 10.4. The van der Waals surface area contributed by atoms with Crippen LogP contribution in [0.5, 0.6) is 0 Å². The molecule has 2 aliphatic heterocycles. The number of anilines is 2. The van der Waals surface area contributed by atoms with Crippen LogP contribution in [0.1, 0.15) is 29.5 Å². The van der Waals surface area contributed by atoms with Gasteiger partial charge in [0.2, 0.25) is 11.8 Å². The summed E-state index contributed by atoms with van der Waals surface area (Å²) in [6.07, 6.45) is 9.07. The molecule has 6 heteroatoms. The average molecular weight is 465 g/mol. The number of hydrogen-bond acceptors (Lipinski definition) is 4. The van der Waals surface area contributed by atoms with Gasteiger partial charge >= 0.3 is 0 Å². The molecule has 0 saturated carbocycles. The first-order chi connectivity index (χ1) is 17.2. The topological polar surface area (TPSA) is 65.5 Å². The number of para-hydroxylation sites is 1. The lowest BCUT2D eigenvalue weighted by molar-refractivity contribution is -0.125. The number of rotatable bonds is 4. The van der Waals surface area contributed by atoms with E-state index in [-0.39, 0.29) is 18.4 Å².